The van der Waals surface area contributed by atoms with E-state index in [2.05, 4.69) is 11.3 Å². The first-order valence-corrected chi connectivity index (χ1v) is 4.36. The van der Waals surface area contributed by atoms with Crippen molar-refractivity contribution in [1.29, 1.82) is 0 Å². The highest BCUT2D eigenvalue weighted by molar-refractivity contribution is 5.73. The molecule has 0 rings (SSSR count). The van der Waals surface area contributed by atoms with Crippen molar-refractivity contribution in [3.63, 3.8) is 0 Å². The smallest absolute Gasteiger partial charge is 0.311 e. The van der Waals surface area contributed by atoms with Crippen LogP contribution in [-0.4, -0.2) is 23.8 Å². The molecule has 0 aromatic rings. The number of ether oxygens (including phenoxy) is 1. The van der Waals surface area contributed by atoms with Gasteiger partial charge in [0.2, 0.25) is 0 Å². The Morgan fingerprint density at radius 3 is 2.69 bits per heavy atom. The quantitative estimate of drug-likeness (QED) is 0.523. The zero-order chi connectivity index (χ0) is 10.5. The second-order valence-corrected chi connectivity index (χ2v) is 3.43. The van der Waals surface area contributed by atoms with E-state index in [1.165, 1.54) is 7.11 Å². The van der Waals surface area contributed by atoms with Gasteiger partial charge in [-0.25, -0.2) is 0 Å². The van der Waals surface area contributed by atoms with Crippen molar-refractivity contribution < 1.29 is 14.6 Å². The van der Waals surface area contributed by atoms with Gasteiger partial charge in [-0.2, -0.15) is 0 Å². The Hall–Kier alpha value is -0.830. The summed E-state index contributed by atoms with van der Waals surface area (Å²) in [4.78, 5) is 11.1. The zero-order valence-corrected chi connectivity index (χ0v) is 8.54. The molecule has 0 saturated carbocycles. The summed E-state index contributed by atoms with van der Waals surface area (Å²) < 4.78 is 4.55. The van der Waals surface area contributed by atoms with Crippen LogP contribution in [0.3, 0.4) is 0 Å². The minimum absolute atomic E-state index is 0.380. The normalized spacial score (nSPS) is 17.2. The molecule has 0 radical (unpaired) electrons. The summed E-state index contributed by atoms with van der Waals surface area (Å²) in [6.45, 7) is 6.86. The third-order valence-corrected chi connectivity index (χ3v) is 2.34. The molecule has 0 heterocycles. The van der Waals surface area contributed by atoms with Crippen LogP contribution in [0.1, 0.15) is 26.7 Å². The van der Waals surface area contributed by atoms with Crippen LogP contribution in [-0.2, 0) is 9.53 Å². The highest BCUT2D eigenvalue weighted by Crippen LogP contribution is 2.23. The van der Waals surface area contributed by atoms with Gasteiger partial charge in [0, 0.05) is 0 Å². The van der Waals surface area contributed by atoms with E-state index in [4.69, 9.17) is 0 Å². The van der Waals surface area contributed by atoms with Crippen molar-refractivity contribution in [2.45, 2.75) is 32.3 Å². The molecule has 0 aromatic carbocycles. The van der Waals surface area contributed by atoms with Crippen molar-refractivity contribution in [2.75, 3.05) is 7.11 Å². The molecule has 3 heteroatoms. The zero-order valence-electron chi connectivity index (χ0n) is 8.54. The maximum Gasteiger partial charge on any atom is 0.311 e. The predicted molar refractivity (Wildman–Crippen MR) is 51.2 cm³/mol. The largest absolute Gasteiger partial charge is 0.469 e. The summed E-state index contributed by atoms with van der Waals surface area (Å²) in [6, 6.07) is 0. The third-order valence-electron chi connectivity index (χ3n) is 2.34. The highest BCUT2D eigenvalue weighted by Gasteiger charge is 2.33. The molecule has 0 aliphatic rings. The Balaban J connectivity index is 4.25. The topological polar surface area (TPSA) is 46.5 Å². The molecule has 2 unspecified atom stereocenters. The molecule has 1 N–H and O–H groups in total. The molecule has 2 atom stereocenters. The molecule has 13 heavy (non-hydrogen) atoms. The lowest BCUT2D eigenvalue weighted by molar-refractivity contribution is -0.153. The Bertz CT molecular complexity index is 185. The number of aliphatic hydroxyl groups is 1. The van der Waals surface area contributed by atoms with Gasteiger partial charge in [-0.15, -0.1) is 6.58 Å². The van der Waals surface area contributed by atoms with Crippen molar-refractivity contribution in [1.82, 2.24) is 0 Å². The molecule has 0 aliphatic heterocycles. The number of hydrogen-bond acceptors (Lipinski definition) is 3. The minimum Gasteiger partial charge on any atom is -0.469 e. The standard InChI is InChI=1S/C10H18O3/c1-5-6-7-10(3,12)8(2)9(11)13-4/h5,8,12H,1,6-7H2,2-4H3. The van der Waals surface area contributed by atoms with E-state index in [1.807, 2.05) is 0 Å². The summed E-state index contributed by atoms with van der Waals surface area (Å²) >= 11 is 0. The maximum atomic E-state index is 11.1. The molecule has 0 bridgehead atoms. The van der Waals surface area contributed by atoms with E-state index >= 15 is 0 Å². The molecule has 0 amide bonds. The van der Waals surface area contributed by atoms with Gasteiger partial charge in [0.25, 0.3) is 0 Å². The lowest BCUT2D eigenvalue weighted by Crippen LogP contribution is -2.38. The minimum atomic E-state index is -1.01. The number of allylic oxidation sites excluding steroid dienone is 1. The average Bonchev–Trinajstić information content (AvgIpc) is 2.12. The first kappa shape index (κ1) is 12.2. The first-order valence-electron chi connectivity index (χ1n) is 4.36. The fraction of sp³-hybridized carbons (Fsp3) is 0.700. The van der Waals surface area contributed by atoms with Crippen LogP contribution in [0, 0.1) is 5.92 Å². The average molecular weight is 186 g/mol. The summed E-state index contributed by atoms with van der Waals surface area (Å²) in [5.41, 5.74) is -1.01. The van der Waals surface area contributed by atoms with Crippen LogP contribution in [0.5, 0.6) is 0 Å². The first-order chi connectivity index (χ1) is 5.95. The Kier molecular flexibility index (Phi) is 4.70. The lowest BCUT2D eigenvalue weighted by Gasteiger charge is -2.27. The second kappa shape index (κ2) is 5.02. The second-order valence-electron chi connectivity index (χ2n) is 3.43. The molecule has 76 valence electrons. The van der Waals surface area contributed by atoms with Crippen LogP contribution < -0.4 is 0 Å². The maximum absolute atomic E-state index is 11.1. The Labute approximate surface area is 79.4 Å². The third kappa shape index (κ3) is 3.59. The van der Waals surface area contributed by atoms with E-state index < -0.39 is 11.5 Å². The van der Waals surface area contributed by atoms with E-state index in [-0.39, 0.29) is 5.97 Å². The Morgan fingerprint density at radius 1 is 1.77 bits per heavy atom. The number of methoxy groups -OCH3 is 1. The van der Waals surface area contributed by atoms with Gasteiger partial charge < -0.3 is 9.84 Å². The van der Waals surface area contributed by atoms with Gasteiger partial charge in [0.1, 0.15) is 0 Å². The molecule has 0 saturated heterocycles. The summed E-state index contributed by atoms with van der Waals surface area (Å²) in [7, 11) is 1.32. The summed E-state index contributed by atoms with van der Waals surface area (Å²) in [6.07, 6.45) is 2.93. The molecule has 0 aliphatic carbocycles. The van der Waals surface area contributed by atoms with Crippen molar-refractivity contribution in [3.05, 3.63) is 12.7 Å². The van der Waals surface area contributed by atoms with Crippen molar-refractivity contribution >= 4 is 5.97 Å². The SMILES string of the molecule is C=CCCC(C)(O)C(C)C(=O)OC. The van der Waals surface area contributed by atoms with Gasteiger partial charge in [-0.05, 0) is 26.7 Å². The van der Waals surface area contributed by atoms with Crippen molar-refractivity contribution in [3.8, 4) is 0 Å². The van der Waals surface area contributed by atoms with Crippen LogP contribution >= 0.6 is 0 Å². The Morgan fingerprint density at radius 2 is 2.31 bits per heavy atom. The summed E-state index contributed by atoms with van der Waals surface area (Å²) in [5.74, 6) is -0.883. The van der Waals surface area contributed by atoms with Crippen molar-refractivity contribution in [2.24, 2.45) is 5.92 Å². The van der Waals surface area contributed by atoms with Gasteiger partial charge in [-0.3, -0.25) is 4.79 Å². The number of rotatable bonds is 5. The summed E-state index contributed by atoms with van der Waals surface area (Å²) in [5, 5.41) is 9.87. The van der Waals surface area contributed by atoms with Gasteiger partial charge in [0.15, 0.2) is 0 Å². The molecule has 0 fully saturated rings. The fourth-order valence-electron chi connectivity index (χ4n) is 1.04. The van der Waals surface area contributed by atoms with E-state index in [1.54, 1.807) is 19.9 Å². The molecular weight excluding hydrogens is 168 g/mol. The number of hydrogen-bond donors (Lipinski definition) is 1. The molecule has 0 spiro atoms. The highest BCUT2D eigenvalue weighted by atomic mass is 16.5. The number of carbonyl (C=O) groups excluding carboxylic acids is 1. The molecule has 0 aromatic heterocycles. The monoisotopic (exact) mass is 186 g/mol. The molecule has 3 nitrogen and oxygen atoms in total. The van der Waals surface area contributed by atoms with E-state index in [0.29, 0.717) is 12.8 Å². The van der Waals surface area contributed by atoms with Crippen LogP contribution in [0.25, 0.3) is 0 Å². The van der Waals surface area contributed by atoms with Gasteiger partial charge in [0.05, 0.1) is 18.6 Å². The lowest BCUT2D eigenvalue weighted by atomic mass is 9.86. The molecular formula is C10H18O3. The fourth-order valence-corrected chi connectivity index (χ4v) is 1.04. The van der Waals surface area contributed by atoms with Crippen LogP contribution in [0.4, 0.5) is 0 Å². The van der Waals surface area contributed by atoms with Gasteiger partial charge in [-0.1, -0.05) is 6.08 Å². The predicted octanol–water partition coefficient (Wildman–Crippen LogP) is 1.51. The van der Waals surface area contributed by atoms with E-state index in [0.717, 1.165) is 0 Å². The number of carbonyl (C=O) groups is 1. The number of esters is 1. The van der Waals surface area contributed by atoms with Crippen LogP contribution in [0.2, 0.25) is 0 Å². The van der Waals surface area contributed by atoms with Crippen LogP contribution in [0.15, 0.2) is 12.7 Å². The van der Waals surface area contributed by atoms with Gasteiger partial charge >= 0.3 is 5.97 Å². The van der Waals surface area contributed by atoms with E-state index in [9.17, 15) is 9.90 Å².